The minimum Gasteiger partial charge on any atom is -0.493 e. The molecule has 108 valence electrons. The van der Waals surface area contributed by atoms with E-state index in [0.29, 0.717) is 11.5 Å². The monoisotopic (exact) mass is 301 g/mol. The van der Waals surface area contributed by atoms with Crippen LogP contribution in [-0.2, 0) is 0 Å². The summed E-state index contributed by atoms with van der Waals surface area (Å²) < 4.78 is 11.5. The fourth-order valence-electron chi connectivity index (χ4n) is 2.23. The van der Waals surface area contributed by atoms with Crippen LogP contribution in [0.25, 0.3) is 10.2 Å². The average Bonchev–Trinajstić information content (AvgIpc) is 3.00. The molecular formula is C16H15NO3S. The van der Waals surface area contributed by atoms with Crippen LogP contribution in [0.3, 0.4) is 0 Å². The van der Waals surface area contributed by atoms with Gasteiger partial charge in [-0.25, -0.2) is 0 Å². The molecule has 0 radical (unpaired) electrons. The molecule has 5 heteroatoms. The molecule has 0 amide bonds. The number of rotatable bonds is 4. The van der Waals surface area contributed by atoms with Gasteiger partial charge in [-0.3, -0.25) is 4.98 Å². The SMILES string of the molecule is COc1ccc(C(O)c2cnc3ccsc3c2)cc1OC. The molecule has 0 spiro atoms. The maximum absolute atomic E-state index is 10.5. The summed E-state index contributed by atoms with van der Waals surface area (Å²) in [7, 11) is 3.16. The van der Waals surface area contributed by atoms with Crippen LogP contribution >= 0.6 is 11.3 Å². The van der Waals surface area contributed by atoms with Crippen LogP contribution < -0.4 is 9.47 Å². The minimum atomic E-state index is -0.746. The molecule has 0 saturated heterocycles. The Bertz CT molecular complexity index is 769. The second-order valence-electron chi connectivity index (χ2n) is 4.59. The van der Waals surface area contributed by atoms with Crippen molar-refractivity contribution in [3.8, 4) is 11.5 Å². The molecule has 21 heavy (non-hydrogen) atoms. The fourth-order valence-corrected chi connectivity index (χ4v) is 3.02. The van der Waals surface area contributed by atoms with Crippen molar-refractivity contribution in [1.29, 1.82) is 0 Å². The number of aliphatic hydroxyl groups excluding tert-OH is 1. The first-order chi connectivity index (χ1) is 10.2. The van der Waals surface area contributed by atoms with Gasteiger partial charge < -0.3 is 14.6 Å². The first-order valence-corrected chi connectivity index (χ1v) is 7.34. The smallest absolute Gasteiger partial charge is 0.161 e. The molecule has 4 nitrogen and oxygen atoms in total. The van der Waals surface area contributed by atoms with Crippen molar-refractivity contribution in [3.63, 3.8) is 0 Å². The third kappa shape index (κ3) is 2.57. The number of aliphatic hydroxyl groups is 1. The molecule has 0 bridgehead atoms. The summed E-state index contributed by atoms with van der Waals surface area (Å²) >= 11 is 1.61. The zero-order valence-electron chi connectivity index (χ0n) is 11.7. The van der Waals surface area contributed by atoms with E-state index in [-0.39, 0.29) is 0 Å². The topological polar surface area (TPSA) is 51.6 Å². The molecule has 0 saturated carbocycles. The Morgan fingerprint density at radius 2 is 1.86 bits per heavy atom. The van der Waals surface area contributed by atoms with Gasteiger partial charge in [0.2, 0.25) is 0 Å². The van der Waals surface area contributed by atoms with Gasteiger partial charge in [0.1, 0.15) is 6.10 Å². The van der Waals surface area contributed by atoms with Gasteiger partial charge in [-0.05, 0) is 35.2 Å². The number of nitrogens with zero attached hydrogens (tertiary/aromatic N) is 1. The van der Waals surface area contributed by atoms with Crippen molar-refractivity contribution in [2.75, 3.05) is 14.2 Å². The fraction of sp³-hybridized carbons (Fsp3) is 0.188. The molecule has 2 aromatic heterocycles. The Labute approximate surface area is 126 Å². The molecule has 1 N–H and O–H groups in total. The number of aromatic nitrogens is 1. The predicted octanol–water partition coefficient (Wildman–Crippen LogP) is 3.40. The van der Waals surface area contributed by atoms with Gasteiger partial charge in [0, 0.05) is 11.8 Å². The standard InChI is InChI=1S/C16H15NO3S/c1-19-13-4-3-10(7-14(13)20-2)16(18)11-8-15-12(17-9-11)5-6-21-15/h3-9,16,18H,1-2H3. The first-order valence-electron chi connectivity index (χ1n) is 6.46. The zero-order chi connectivity index (χ0) is 14.8. The summed E-state index contributed by atoms with van der Waals surface area (Å²) in [6, 6.07) is 9.32. The number of pyridine rings is 1. The number of fused-ring (bicyclic) bond motifs is 1. The number of thiophene rings is 1. The third-order valence-electron chi connectivity index (χ3n) is 3.36. The van der Waals surface area contributed by atoms with Crippen molar-refractivity contribution in [1.82, 2.24) is 4.98 Å². The highest BCUT2D eigenvalue weighted by Crippen LogP contribution is 2.33. The van der Waals surface area contributed by atoms with Gasteiger partial charge in [0.15, 0.2) is 11.5 Å². The first kappa shape index (κ1) is 13.9. The maximum atomic E-state index is 10.5. The Balaban J connectivity index is 1.98. The Hall–Kier alpha value is -2.11. The highest BCUT2D eigenvalue weighted by Gasteiger charge is 2.15. The number of ether oxygens (including phenoxy) is 2. The molecule has 1 unspecified atom stereocenters. The van der Waals surface area contributed by atoms with Crippen LogP contribution in [0.4, 0.5) is 0 Å². The summed E-state index contributed by atoms with van der Waals surface area (Å²) in [5.41, 5.74) is 2.45. The van der Waals surface area contributed by atoms with Crippen LogP contribution in [0.5, 0.6) is 11.5 Å². The predicted molar refractivity (Wildman–Crippen MR) is 83.2 cm³/mol. The van der Waals surface area contributed by atoms with Gasteiger partial charge in [-0.15, -0.1) is 11.3 Å². The normalized spacial score (nSPS) is 12.3. The summed E-state index contributed by atoms with van der Waals surface area (Å²) in [6.45, 7) is 0. The summed E-state index contributed by atoms with van der Waals surface area (Å²) in [4.78, 5) is 4.36. The summed E-state index contributed by atoms with van der Waals surface area (Å²) in [5, 5.41) is 12.5. The minimum absolute atomic E-state index is 0.596. The van der Waals surface area contributed by atoms with Crippen molar-refractivity contribution in [3.05, 3.63) is 53.0 Å². The summed E-state index contributed by atoms with van der Waals surface area (Å²) in [5.74, 6) is 1.24. The van der Waals surface area contributed by atoms with Gasteiger partial charge in [-0.1, -0.05) is 6.07 Å². The van der Waals surface area contributed by atoms with E-state index in [1.54, 1.807) is 43.9 Å². The van der Waals surface area contributed by atoms with E-state index in [9.17, 15) is 5.11 Å². The molecular weight excluding hydrogens is 286 g/mol. The Kier molecular flexibility index (Phi) is 3.77. The lowest BCUT2D eigenvalue weighted by atomic mass is 10.0. The zero-order valence-corrected chi connectivity index (χ0v) is 12.6. The van der Waals surface area contributed by atoms with E-state index < -0.39 is 6.10 Å². The van der Waals surface area contributed by atoms with Crippen LogP contribution in [0.1, 0.15) is 17.2 Å². The second kappa shape index (κ2) is 5.71. The van der Waals surface area contributed by atoms with Crippen LogP contribution in [0.2, 0.25) is 0 Å². The Morgan fingerprint density at radius 3 is 2.62 bits per heavy atom. The van der Waals surface area contributed by atoms with E-state index in [2.05, 4.69) is 4.98 Å². The molecule has 1 aromatic carbocycles. The number of methoxy groups -OCH3 is 2. The van der Waals surface area contributed by atoms with Crippen molar-refractivity contribution < 1.29 is 14.6 Å². The van der Waals surface area contributed by atoms with E-state index in [1.807, 2.05) is 23.6 Å². The van der Waals surface area contributed by atoms with Crippen LogP contribution in [0.15, 0.2) is 41.9 Å². The molecule has 0 aliphatic rings. The van der Waals surface area contributed by atoms with Gasteiger partial charge in [0.25, 0.3) is 0 Å². The summed E-state index contributed by atoms with van der Waals surface area (Å²) in [6.07, 6.45) is 0.958. The van der Waals surface area contributed by atoms with E-state index in [1.165, 1.54) is 0 Å². The average molecular weight is 301 g/mol. The van der Waals surface area contributed by atoms with E-state index in [0.717, 1.165) is 21.3 Å². The second-order valence-corrected chi connectivity index (χ2v) is 5.54. The van der Waals surface area contributed by atoms with Gasteiger partial charge in [-0.2, -0.15) is 0 Å². The van der Waals surface area contributed by atoms with Gasteiger partial charge in [0.05, 0.1) is 24.4 Å². The van der Waals surface area contributed by atoms with Crippen molar-refractivity contribution >= 4 is 21.6 Å². The lowest BCUT2D eigenvalue weighted by molar-refractivity contribution is 0.219. The maximum Gasteiger partial charge on any atom is 0.161 e. The highest BCUT2D eigenvalue weighted by molar-refractivity contribution is 7.17. The van der Waals surface area contributed by atoms with Crippen molar-refractivity contribution in [2.45, 2.75) is 6.10 Å². The molecule has 0 fully saturated rings. The molecule has 1 atom stereocenters. The molecule has 0 aliphatic carbocycles. The number of hydrogen-bond donors (Lipinski definition) is 1. The van der Waals surface area contributed by atoms with E-state index in [4.69, 9.17) is 9.47 Å². The van der Waals surface area contributed by atoms with E-state index >= 15 is 0 Å². The quantitative estimate of drug-likeness (QED) is 0.802. The largest absolute Gasteiger partial charge is 0.493 e. The highest BCUT2D eigenvalue weighted by atomic mass is 32.1. The van der Waals surface area contributed by atoms with Crippen LogP contribution in [-0.4, -0.2) is 24.3 Å². The molecule has 0 aliphatic heterocycles. The number of hydrogen-bond acceptors (Lipinski definition) is 5. The third-order valence-corrected chi connectivity index (χ3v) is 4.22. The Morgan fingerprint density at radius 1 is 1.05 bits per heavy atom. The van der Waals surface area contributed by atoms with Crippen LogP contribution in [0, 0.1) is 0 Å². The lowest BCUT2D eigenvalue weighted by Gasteiger charge is -2.14. The number of benzene rings is 1. The molecule has 2 heterocycles. The van der Waals surface area contributed by atoms with Gasteiger partial charge >= 0.3 is 0 Å². The molecule has 3 aromatic rings. The lowest BCUT2D eigenvalue weighted by Crippen LogP contribution is -2.01. The van der Waals surface area contributed by atoms with Crippen molar-refractivity contribution in [2.24, 2.45) is 0 Å². The molecule has 3 rings (SSSR count).